The molecule has 3 saturated heterocycles. The van der Waals surface area contributed by atoms with E-state index in [4.69, 9.17) is 15.2 Å². The van der Waals surface area contributed by atoms with Gasteiger partial charge in [0.15, 0.2) is 0 Å². The van der Waals surface area contributed by atoms with Gasteiger partial charge in [-0.25, -0.2) is 9.37 Å². The van der Waals surface area contributed by atoms with E-state index in [1.54, 1.807) is 0 Å². The summed E-state index contributed by atoms with van der Waals surface area (Å²) in [7, 11) is 1.48. The normalized spacial score (nSPS) is 25.5. The maximum Gasteiger partial charge on any atom is 0.418 e. The number of anilines is 2. The van der Waals surface area contributed by atoms with E-state index in [-0.39, 0.29) is 36.1 Å². The molecule has 8 nitrogen and oxygen atoms in total. The van der Waals surface area contributed by atoms with Crippen molar-refractivity contribution in [3.8, 4) is 6.01 Å². The van der Waals surface area contributed by atoms with Crippen molar-refractivity contribution in [2.45, 2.75) is 77.3 Å². The Kier molecular flexibility index (Phi) is 8.70. The summed E-state index contributed by atoms with van der Waals surface area (Å²) < 4.78 is 64.5. The number of halogens is 4. The average Bonchev–Trinajstić information content (AvgIpc) is 3.53. The lowest BCUT2D eigenvalue weighted by Crippen LogP contribution is -2.36. The molecule has 2 N–H and O–H groups in total. The Hall–Kier alpha value is -2.99. The molecule has 3 unspecified atom stereocenters. The van der Waals surface area contributed by atoms with Crippen LogP contribution in [0, 0.1) is 12.8 Å². The van der Waals surface area contributed by atoms with Crippen LogP contribution >= 0.6 is 0 Å². The van der Waals surface area contributed by atoms with Gasteiger partial charge in [-0.3, -0.25) is 4.90 Å². The van der Waals surface area contributed by atoms with Gasteiger partial charge in [0.2, 0.25) is 0 Å². The number of ether oxygens (including phenoxy) is 2. The summed E-state index contributed by atoms with van der Waals surface area (Å²) in [5, 5.41) is 0. The number of hydrogen-bond acceptors (Lipinski definition) is 8. The van der Waals surface area contributed by atoms with Crippen LogP contribution in [0.2, 0.25) is 0 Å². The van der Waals surface area contributed by atoms with E-state index in [0.717, 1.165) is 62.2 Å². The Balaban J connectivity index is 0.000000282. The SMILES string of the molecule is COc1nc2c(c(N3CCCC(C)C3)n1)COC(c1nc(N)cc(C)c1C(F)(F)F)C2.F/C=C1/CC2CCCN2C1. The molecule has 0 amide bonds. The van der Waals surface area contributed by atoms with Crippen LogP contribution in [-0.4, -0.2) is 59.2 Å². The van der Waals surface area contributed by atoms with Gasteiger partial charge in [0.05, 0.1) is 37.0 Å². The van der Waals surface area contributed by atoms with E-state index >= 15 is 0 Å². The van der Waals surface area contributed by atoms with Gasteiger partial charge in [0.1, 0.15) is 17.7 Å². The fourth-order valence-corrected chi connectivity index (χ4v) is 6.51. The first-order chi connectivity index (χ1) is 19.6. The molecule has 41 heavy (non-hydrogen) atoms. The fraction of sp³-hybridized carbons (Fsp3) is 0.621. The predicted molar refractivity (Wildman–Crippen MR) is 147 cm³/mol. The number of aromatic nitrogens is 3. The maximum atomic E-state index is 13.8. The van der Waals surface area contributed by atoms with E-state index in [1.165, 1.54) is 39.5 Å². The first kappa shape index (κ1) is 29.5. The largest absolute Gasteiger partial charge is 0.467 e. The highest BCUT2D eigenvalue weighted by Gasteiger charge is 2.40. The van der Waals surface area contributed by atoms with E-state index < -0.39 is 17.8 Å². The first-order valence-electron chi connectivity index (χ1n) is 14.2. The zero-order chi connectivity index (χ0) is 29.3. The summed E-state index contributed by atoms with van der Waals surface area (Å²) in [6.45, 7) is 7.44. The number of hydrogen-bond donors (Lipinski definition) is 1. The molecule has 3 atom stereocenters. The molecule has 2 aromatic heterocycles. The smallest absolute Gasteiger partial charge is 0.418 e. The summed E-state index contributed by atoms with van der Waals surface area (Å²) in [6.07, 6.45) is 1.20. The van der Waals surface area contributed by atoms with Crippen molar-refractivity contribution in [1.29, 1.82) is 0 Å². The summed E-state index contributed by atoms with van der Waals surface area (Å²) in [6, 6.07) is 2.10. The minimum atomic E-state index is -4.57. The van der Waals surface area contributed by atoms with Gasteiger partial charge in [-0.05, 0) is 68.7 Å². The number of methoxy groups -OCH3 is 1. The third-order valence-corrected chi connectivity index (χ3v) is 8.41. The highest BCUT2D eigenvalue weighted by Crippen LogP contribution is 2.42. The minimum absolute atomic E-state index is 0.0210. The number of alkyl halides is 3. The molecule has 6 rings (SSSR count). The van der Waals surface area contributed by atoms with Crippen LogP contribution < -0.4 is 15.4 Å². The molecular weight excluding hydrogens is 540 g/mol. The van der Waals surface area contributed by atoms with Crippen molar-refractivity contribution in [2.24, 2.45) is 5.92 Å². The molecule has 2 aromatic rings. The molecule has 224 valence electrons. The van der Waals surface area contributed by atoms with Crippen molar-refractivity contribution in [1.82, 2.24) is 19.9 Å². The Morgan fingerprint density at radius 3 is 2.59 bits per heavy atom. The molecule has 0 saturated carbocycles. The van der Waals surface area contributed by atoms with Gasteiger partial charge in [-0.1, -0.05) is 6.92 Å². The monoisotopic (exact) mass is 578 g/mol. The van der Waals surface area contributed by atoms with Crippen molar-refractivity contribution >= 4 is 11.6 Å². The third kappa shape index (κ3) is 6.43. The lowest BCUT2D eigenvalue weighted by atomic mass is 9.96. The second-order valence-electron chi connectivity index (χ2n) is 11.5. The van der Waals surface area contributed by atoms with E-state index in [0.29, 0.717) is 17.7 Å². The molecule has 0 spiro atoms. The maximum absolute atomic E-state index is 13.8. The van der Waals surface area contributed by atoms with Gasteiger partial charge in [-0.2, -0.15) is 23.1 Å². The first-order valence-corrected chi connectivity index (χ1v) is 14.2. The van der Waals surface area contributed by atoms with Gasteiger partial charge >= 0.3 is 12.2 Å². The molecule has 3 fully saturated rings. The second-order valence-corrected chi connectivity index (χ2v) is 11.5. The Morgan fingerprint density at radius 1 is 1.12 bits per heavy atom. The number of nitrogen functional groups attached to an aromatic ring is 1. The lowest BCUT2D eigenvalue weighted by molar-refractivity contribution is -0.140. The van der Waals surface area contributed by atoms with Crippen LogP contribution in [-0.2, 0) is 23.9 Å². The summed E-state index contributed by atoms with van der Waals surface area (Å²) in [5.74, 6) is 1.29. The summed E-state index contributed by atoms with van der Waals surface area (Å²) in [5.41, 5.74) is 7.18. The number of pyridine rings is 1. The number of nitrogens with two attached hydrogens (primary N) is 1. The summed E-state index contributed by atoms with van der Waals surface area (Å²) >= 11 is 0. The van der Waals surface area contributed by atoms with Crippen molar-refractivity contribution in [3.05, 3.63) is 46.0 Å². The Morgan fingerprint density at radius 2 is 1.90 bits per heavy atom. The zero-order valence-electron chi connectivity index (χ0n) is 23.8. The van der Waals surface area contributed by atoms with Crippen LogP contribution in [0.5, 0.6) is 6.01 Å². The molecule has 4 aliphatic rings. The number of piperidine rings is 1. The number of fused-ring (bicyclic) bond motifs is 2. The second kappa shape index (κ2) is 12.1. The molecule has 0 bridgehead atoms. The fourth-order valence-electron chi connectivity index (χ4n) is 6.51. The van der Waals surface area contributed by atoms with Crippen LogP contribution in [0.1, 0.15) is 73.2 Å². The molecule has 0 aliphatic carbocycles. The highest BCUT2D eigenvalue weighted by atomic mass is 19.4. The quantitative estimate of drug-likeness (QED) is 0.475. The van der Waals surface area contributed by atoms with Crippen molar-refractivity contribution in [2.75, 3.05) is 43.9 Å². The molecule has 4 aliphatic heterocycles. The van der Waals surface area contributed by atoms with Gasteiger partial charge in [-0.15, -0.1) is 0 Å². The molecular formula is C29H38F4N6O2. The van der Waals surface area contributed by atoms with Gasteiger partial charge in [0.25, 0.3) is 0 Å². The third-order valence-electron chi connectivity index (χ3n) is 8.41. The van der Waals surface area contributed by atoms with Crippen LogP contribution in [0.4, 0.5) is 29.2 Å². The number of nitrogens with zero attached hydrogens (tertiary/aromatic N) is 5. The highest BCUT2D eigenvalue weighted by molar-refractivity contribution is 5.52. The number of aryl methyl sites for hydroxylation is 1. The van der Waals surface area contributed by atoms with Gasteiger partial charge < -0.3 is 20.1 Å². The minimum Gasteiger partial charge on any atom is -0.467 e. The van der Waals surface area contributed by atoms with Crippen LogP contribution in [0.15, 0.2) is 18.0 Å². The zero-order valence-corrected chi connectivity index (χ0v) is 23.8. The standard InChI is InChI=1S/C21H26F3N5O2.C8H12FN/c1-11-5-4-6-29(9-11)19-13-10-31-15(8-14(13)26-20(28-19)30-3)18-17(21(22,23)24)12(2)7-16(25)27-18;9-5-7-4-8-2-1-3-10(8)6-7/h7,11,15H,4-6,8-10H2,1-3H3,(H2,25,27);5,8H,1-4,6H2/b;7-5-. The van der Waals surface area contributed by atoms with E-state index in [1.807, 2.05) is 0 Å². The van der Waals surface area contributed by atoms with Crippen LogP contribution in [0.25, 0.3) is 0 Å². The lowest BCUT2D eigenvalue weighted by Gasteiger charge is -2.35. The molecule has 0 aromatic carbocycles. The topological polar surface area (TPSA) is 89.6 Å². The Labute approximate surface area is 237 Å². The molecule has 0 radical (unpaired) electrons. The summed E-state index contributed by atoms with van der Waals surface area (Å²) in [4.78, 5) is 17.6. The molecule has 12 heteroatoms. The number of rotatable bonds is 3. The average molecular weight is 579 g/mol. The van der Waals surface area contributed by atoms with Crippen molar-refractivity contribution in [3.63, 3.8) is 0 Å². The molecule has 6 heterocycles. The van der Waals surface area contributed by atoms with Crippen LogP contribution in [0.3, 0.4) is 0 Å². The van der Waals surface area contributed by atoms with E-state index in [2.05, 4.69) is 31.7 Å². The van der Waals surface area contributed by atoms with Crippen molar-refractivity contribution < 1.29 is 27.0 Å². The van der Waals surface area contributed by atoms with Gasteiger partial charge in [0, 0.05) is 37.7 Å². The Bertz CT molecular complexity index is 1270. The van der Waals surface area contributed by atoms with E-state index in [9.17, 15) is 17.6 Å². The predicted octanol–water partition coefficient (Wildman–Crippen LogP) is 5.55.